The molecule has 0 aliphatic rings. The van der Waals surface area contributed by atoms with Crippen molar-refractivity contribution in [2.45, 2.75) is 0 Å². The van der Waals surface area contributed by atoms with Crippen LogP contribution < -0.4 is 10.3 Å². The lowest BCUT2D eigenvalue weighted by molar-refractivity contribution is 0.414. The van der Waals surface area contributed by atoms with Gasteiger partial charge in [0.05, 0.1) is 7.11 Å². The number of ether oxygens (including phenoxy) is 1. The van der Waals surface area contributed by atoms with E-state index in [0.29, 0.717) is 22.7 Å². The third-order valence-corrected chi connectivity index (χ3v) is 3.74. The van der Waals surface area contributed by atoms with Crippen LogP contribution in [0.2, 0.25) is 0 Å². The molecule has 1 N–H and O–H groups in total. The zero-order valence-electron chi connectivity index (χ0n) is 12.8. The van der Waals surface area contributed by atoms with Gasteiger partial charge in [-0.15, -0.1) is 0 Å². The first-order valence-electron chi connectivity index (χ1n) is 7.35. The number of aromatic amines is 1. The van der Waals surface area contributed by atoms with Gasteiger partial charge in [-0.05, 0) is 29.7 Å². The van der Waals surface area contributed by atoms with Gasteiger partial charge in [0.15, 0.2) is 0 Å². The number of hydrogen-bond acceptors (Lipinski definition) is 5. The molecule has 0 fully saturated rings. The number of rotatable bonds is 3. The second kappa shape index (κ2) is 5.66. The second-order valence-electron chi connectivity index (χ2n) is 5.25. The standard InChI is InChI=1S/C18H13N3O3/c1-23-13-7-4-6-12(9-13)16-20-18(24-21-16)15-10-11-5-2-3-8-14(11)17(22)19-15/h2-10H,1H3,(H,19,22). The van der Waals surface area contributed by atoms with Crippen molar-refractivity contribution in [1.82, 2.24) is 15.1 Å². The third kappa shape index (κ3) is 2.44. The molecule has 0 aliphatic carbocycles. The predicted molar refractivity (Wildman–Crippen MR) is 89.8 cm³/mol. The molecule has 0 radical (unpaired) electrons. The number of hydrogen-bond donors (Lipinski definition) is 1. The van der Waals surface area contributed by atoms with E-state index in [1.807, 2.05) is 48.5 Å². The van der Waals surface area contributed by atoms with Crippen LogP contribution in [0.1, 0.15) is 0 Å². The molecule has 0 atom stereocenters. The van der Waals surface area contributed by atoms with Crippen molar-refractivity contribution in [2.24, 2.45) is 0 Å². The van der Waals surface area contributed by atoms with E-state index in [4.69, 9.17) is 9.26 Å². The highest BCUT2D eigenvalue weighted by molar-refractivity contribution is 5.84. The van der Waals surface area contributed by atoms with Gasteiger partial charge in [0.2, 0.25) is 5.82 Å². The first-order chi connectivity index (χ1) is 11.7. The quantitative estimate of drug-likeness (QED) is 0.627. The van der Waals surface area contributed by atoms with Crippen LogP contribution in [-0.2, 0) is 0 Å². The van der Waals surface area contributed by atoms with E-state index in [2.05, 4.69) is 15.1 Å². The molecule has 0 saturated heterocycles. The van der Waals surface area contributed by atoms with Gasteiger partial charge >= 0.3 is 0 Å². The number of nitrogens with zero attached hydrogens (tertiary/aromatic N) is 2. The minimum absolute atomic E-state index is 0.191. The molecule has 6 nitrogen and oxygen atoms in total. The number of pyridine rings is 1. The highest BCUT2D eigenvalue weighted by Crippen LogP contribution is 2.24. The van der Waals surface area contributed by atoms with Crippen LogP contribution >= 0.6 is 0 Å². The van der Waals surface area contributed by atoms with Crippen LogP contribution in [0.4, 0.5) is 0 Å². The summed E-state index contributed by atoms with van der Waals surface area (Å²) in [6.07, 6.45) is 0. The van der Waals surface area contributed by atoms with Crippen molar-refractivity contribution < 1.29 is 9.26 Å². The Labute approximate surface area is 136 Å². The molecule has 4 rings (SSSR count). The number of aromatic nitrogens is 3. The number of benzene rings is 2. The predicted octanol–water partition coefficient (Wildman–Crippen LogP) is 3.25. The number of fused-ring (bicyclic) bond motifs is 1. The summed E-state index contributed by atoms with van der Waals surface area (Å²) in [4.78, 5) is 19.3. The summed E-state index contributed by atoms with van der Waals surface area (Å²) in [5, 5.41) is 5.42. The minimum atomic E-state index is -0.191. The normalized spacial score (nSPS) is 10.9. The van der Waals surface area contributed by atoms with E-state index < -0.39 is 0 Å². The van der Waals surface area contributed by atoms with Crippen molar-refractivity contribution in [3.05, 3.63) is 65.0 Å². The number of H-pyrrole nitrogens is 1. The van der Waals surface area contributed by atoms with E-state index in [1.54, 1.807) is 13.2 Å². The Balaban J connectivity index is 1.79. The first-order valence-corrected chi connectivity index (χ1v) is 7.35. The molecule has 0 aliphatic heterocycles. The maximum absolute atomic E-state index is 12.2. The Bertz CT molecular complexity index is 1080. The SMILES string of the molecule is COc1cccc(-c2noc(-c3cc4ccccc4c(=O)[nH]3)n2)c1. The van der Waals surface area contributed by atoms with Crippen molar-refractivity contribution in [2.75, 3.05) is 7.11 Å². The molecule has 6 heteroatoms. The van der Waals surface area contributed by atoms with Gasteiger partial charge in [-0.2, -0.15) is 4.98 Å². The average molecular weight is 319 g/mol. The summed E-state index contributed by atoms with van der Waals surface area (Å²) in [7, 11) is 1.60. The minimum Gasteiger partial charge on any atom is -0.497 e. The van der Waals surface area contributed by atoms with E-state index in [1.165, 1.54) is 0 Å². The summed E-state index contributed by atoms with van der Waals surface area (Å²) in [5.74, 6) is 1.39. The van der Waals surface area contributed by atoms with E-state index in [9.17, 15) is 4.79 Å². The van der Waals surface area contributed by atoms with Crippen molar-refractivity contribution in [3.63, 3.8) is 0 Å². The van der Waals surface area contributed by atoms with Crippen LogP contribution in [0.5, 0.6) is 5.75 Å². The Morgan fingerprint density at radius 3 is 2.83 bits per heavy atom. The molecule has 2 heterocycles. The van der Waals surface area contributed by atoms with Crippen LogP contribution in [0.15, 0.2) is 63.9 Å². The average Bonchev–Trinajstić information content (AvgIpc) is 3.12. The van der Waals surface area contributed by atoms with Gasteiger partial charge in [-0.25, -0.2) is 0 Å². The lowest BCUT2D eigenvalue weighted by atomic mass is 10.1. The molecule has 0 bridgehead atoms. The zero-order chi connectivity index (χ0) is 16.5. The fraction of sp³-hybridized carbons (Fsp3) is 0.0556. The molecule has 4 aromatic rings. The Kier molecular flexibility index (Phi) is 3.35. The van der Waals surface area contributed by atoms with E-state index in [-0.39, 0.29) is 11.4 Å². The highest BCUT2D eigenvalue weighted by Gasteiger charge is 2.13. The molecule has 24 heavy (non-hydrogen) atoms. The van der Waals surface area contributed by atoms with Crippen LogP contribution in [-0.4, -0.2) is 22.2 Å². The van der Waals surface area contributed by atoms with Crippen molar-refractivity contribution in [3.8, 4) is 28.7 Å². The molecule has 2 aromatic carbocycles. The molecule has 2 aromatic heterocycles. The number of nitrogens with one attached hydrogen (secondary N) is 1. The van der Waals surface area contributed by atoms with Gasteiger partial charge in [0, 0.05) is 10.9 Å². The summed E-state index contributed by atoms with van der Waals surface area (Å²) in [6.45, 7) is 0. The van der Waals surface area contributed by atoms with Gasteiger partial charge in [0.25, 0.3) is 11.4 Å². The molecule has 0 spiro atoms. The van der Waals surface area contributed by atoms with Gasteiger partial charge in [0.1, 0.15) is 11.4 Å². The Morgan fingerprint density at radius 2 is 1.96 bits per heavy atom. The van der Waals surface area contributed by atoms with E-state index in [0.717, 1.165) is 10.9 Å². The molecule has 0 saturated carbocycles. The van der Waals surface area contributed by atoms with Gasteiger partial charge < -0.3 is 14.2 Å². The monoisotopic (exact) mass is 319 g/mol. The lowest BCUT2D eigenvalue weighted by Gasteiger charge is -2.00. The Hall–Kier alpha value is -3.41. The van der Waals surface area contributed by atoms with Crippen molar-refractivity contribution >= 4 is 10.8 Å². The summed E-state index contributed by atoms with van der Waals surface area (Å²) < 4.78 is 10.5. The van der Waals surface area contributed by atoms with Crippen molar-refractivity contribution in [1.29, 1.82) is 0 Å². The fourth-order valence-corrected chi connectivity index (χ4v) is 2.54. The van der Waals surface area contributed by atoms with Crippen LogP contribution in [0.3, 0.4) is 0 Å². The Morgan fingerprint density at radius 1 is 1.08 bits per heavy atom. The maximum Gasteiger partial charge on any atom is 0.274 e. The maximum atomic E-state index is 12.2. The molecular weight excluding hydrogens is 306 g/mol. The molecular formula is C18H13N3O3. The topological polar surface area (TPSA) is 81.0 Å². The van der Waals surface area contributed by atoms with E-state index >= 15 is 0 Å². The molecule has 0 amide bonds. The van der Waals surface area contributed by atoms with Gasteiger partial charge in [-0.3, -0.25) is 4.79 Å². The third-order valence-electron chi connectivity index (χ3n) is 3.74. The largest absolute Gasteiger partial charge is 0.497 e. The smallest absolute Gasteiger partial charge is 0.274 e. The highest BCUT2D eigenvalue weighted by atomic mass is 16.5. The van der Waals surface area contributed by atoms with Crippen LogP contribution in [0.25, 0.3) is 33.7 Å². The van der Waals surface area contributed by atoms with Crippen LogP contribution in [0, 0.1) is 0 Å². The zero-order valence-corrected chi connectivity index (χ0v) is 12.8. The first kappa shape index (κ1) is 14.2. The molecule has 118 valence electrons. The summed E-state index contributed by atoms with van der Waals surface area (Å²) in [6, 6.07) is 16.5. The second-order valence-corrected chi connectivity index (χ2v) is 5.25. The summed E-state index contributed by atoms with van der Waals surface area (Å²) >= 11 is 0. The summed E-state index contributed by atoms with van der Waals surface area (Å²) in [5.41, 5.74) is 1.07. The lowest BCUT2D eigenvalue weighted by Crippen LogP contribution is -2.07. The fourth-order valence-electron chi connectivity index (χ4n) is 2.54. The molecule has 0 unspecified atom stereocenters. The number of methoxy groups -OCH3 is 1. The van der Waals surface area contributed by atoms with Gasteiger partial charge in [-0.1, -0.05) is 35.5 Å².